The van der Waals surface area contributed by atoms with Crippen LogP contribution in [0.25, 0.3) is 0 Å². The van der Waals surface area contributed by atoms with Crippen LogP contribution in [-0.4, -0.2) is 45.3 Å². The van der Waals surface area contributed by atoms with Crippen LogP contribution in [0.5, 0.6) is 0 Å². The summed E-state index contributed by atoms with van der Waals surface area (Å²) in [5.41, 5.74) is 6.06. The zero-order valence-corrected chi connectivity index (χ0v) is 13.6. The van der Waals surface area contributed by atoms with E-state index in [1.807, 2.05) is 13.8 Å². The summed E-state index contributed by atoms with van der Waals surface area (Å²) in [5.74, 6) is -0.0190. The molecule has 1 aromatic heterocycles. The zero-order chi connectivity index (χ0) is 16.6. The Kier molecular flexibility index (Phi) is 3.95. The summed E-state index contributed by atoms with van der Waals surface area (Å²) < 4.78 is 0. The van der Waals surface area contributed by atoms with Gasteiger partial charge in [-0.2, -0.15) is 0 Å². The van der Waals surface area contributed by atoms with Crippen LogP contribution >= 0.6 is 0 Å². The third-order valence-corrected chi connectivity index (χ3v) is 4.78. The van der Waals surface area contributed by atoms with Gasteiger partial charge in [-0.05, 0) is 37.7 Å². The molecule has 1 spiro atoms. The fourth-order valence-electron chi connectivity index (χ4n) is 3.56. The van der Waals surface area contributed by atoms with Gasteiger partial charge >= 0.3 is 0 Å². The van der Waals surface area contributed by atoms with Crippen molar-refractivity contribution in [3.8, 4) is 0 Å². The smallest absolute Gasteiger partial charge is 0.273 e. The third-order valence-electron chi connectivity index (χ3n) is 4.78. The number of nitrogens with zero attached hydrogens (tertiary/aromatic N) is 3. The van der Waals surface area contributed by atoms with Crippen molar-refractivity contribution < 1.29 is 9.59 Å². The number of piperidine rings is 1. The number of nitrogen functional groups attached to an aromatic ring is 1. The Labute approximate surface area is 135 Å². The van der Waals surface area contributed by atoms with Gasteiger partial charge in [0.15, 0.2) is 0 Å². The first-order chi connectivity index (χ1) is 10.9. The predicted molar refractivity (Wildman–Crippen MR) is 85.8 cm³/mol. The highest BCUT2D eigenvalue weighted by molar-refractivity contribution is 5.99. The van der Waals surface area contributed by atoms with Crippen molar-refractivity contribution in [3.63, 3.8) is 0 Å². The number of carbonyl (C=O) groups is 2. The topological polar surface area (TPSA) is 101 Å². The Bertz CT molecular complexity index is 645. The number of nitrogens with two attached hydrogens (primary N) is 1. The number of nitrogens with one attached hydrogen (secondary N) is 1. The fraction of sp³-hybridized carbons (Fsp3) is 0.625. The maximum atomic E-state index is 13.0. The molecule has 0 radical (unpaired) electrons. The molecule has 7 nitrogen and oxygen atoms in total. The highest BCUT2D eigenvalue weighted by Gasteiger charge is 2.50. The summed E-state index contributed by atoms with van der Waals surface area (Å²) in [6, 6.07) is 1.69. The summed E-state index contributed by atoms with van der Waals surface area (Å²) in [6.45, 7) is 5.23. The van der Waals surface area contributed by atoms with Gasteiger partial charge in [0.05, 0.1) is 0 Å². The number of carbonyl (C=O) groups excluding carboxylic acids is 2. The molecule has 0 saturated carbocycles. The highest BCUT2D eigenvalue weighted by atomic mass is 16.2. The molecular formula is C16H23N5O2. The van der Waals surface area contributed by atoms with E-state index in [4.69, 9.17) is 5.73 Å². The molecule has 2 aliphatic heterocycles. The number of hydrogen-bond donors (Lipinski definition) is 2. The quantitative estimate of drug-likeness (QED) is 0.849. The number of rotatable bonds is 2. The number of amides is 2. The van der Waals surface area contributed by atoms with Gasteiger partial charge in [0.1, 0.15) is 11.2 Å². The van der Waals surface area contributed by atoms with E-state index in [-0.39, 0.29) is 29.4 Å². The zero-order valence-electron chi connectivity index (χ0n) is 13.6. The molecule has 2 aliphatic rings. The highest BCUT2D eigenvalue weighted by Crippen LogP contribution is 2.36. The predicted octanol–water partition coefficient (Wildman–Crippen LogP) is 1.07. The minimum Gasteiger partial charge on any atom is -0.368 e. The molecule has 0 aromatic carbocycles. The largest absolute Gasteiger partial charge is 0.368 e. The van der Waals surface area contributed by atoms with E-state index in [1.165, 1.54) is 0 Å². The van der Waals surface area contributed by atoms with Gasteiger partial charge in [-0.15, -0.1) is 0 Å². The molecular weight excluding hydrogens is 294 g/mol. The summed E-state index contributed by atoms with van der Waals surface area (Å²) in [5, 5.41) is 2.90. The molecule has 2 fully saturated rings. The second-order valence-corrected chi connectivity index (χ2v) is 6.64. The molecule has 3 heterocycles. The van der Waals surface area contributed by atoms with Gasteiger partial charge in [-0.25, -0.2) is 9.97 Å². The molecule has 1 unspecified atom stereocenters. The second-order valence-electron chi connectivity index (χ2n) is 6.64. The van der Waals surface area contributed by atoms with E-state index in [1.54, 1.807) is 11.0 Å². The van der Waals surface area contributed by atoms with E-state index < -0.39 is 5.54 Å². The first-order valence-electron chi connectivity index (χ1n) is 8.19. The molecule has 0 bridgehead atoms. The van der Waals surface area contributed by atoms with Gasteiger partial charge in [-0.1, -0.05) is 13.8 Å². The van der Waals surface area contributed by atoms with Crippen LogP contribution in [-0.2, 0) is 4.79 Å². The van der Waals surface area contributed by atoms with Gasteiger partial charge < -0.3 is 16.0 Å². The molecule has 23 heavy (non-hydrogen) atoms. The van der Waals surface area contributed by atoms with Crippen molar-refractivity contribution >= 4 is 17.8 Å². The molecule has 1 atom stereocenters. The first-order valence-corrected chi connectivity index (χ1v) is 8.19. The lowest BCUT2D eigenvalue weighted by Gasteiger charge is -2.39. The average Bonchev–Trinajstić information content (AvgIpc) is 2.93. The van der Waals surface area contributed by atoms with Crippen LogP contribution in [0, 0.1) is 0 Å². The molecule has 124 valence electrons. The Morgan fingerprint density at radius 3 is 2.78 bits per heavy atom. The first kappa shape index (κ1) is 15.7. The van der Waals surface area contributed by atoms with E-state index in [9.17, 15) is 9.59 Å². The Morgan fingerprint density at radius 1 is 1.35 bits per heavy atom. The average molecular weight is 317 g/mol. The van der Waals surface area contributed by atoms with Crippen molar-refractivity contribution in [2.45, 2.75) is 51.0 Å². The van der Waals surface area contributed by atoms with Gasteiger partial charge in [0, 0.05) is 18.8 Å². The number of aromatic nitrogens is 2. The SMILES string of the molecule is CC(C)c1cc(C(=O)N2CCCC23CCCNC3=O)nc(N)n1. The molecule has 7 heteroatoms. The standard InChI is InChI=1S/C16H23N5O2/c1-10(2)11-9-12(20-15(17)19-11)13(22)21-8-4-6-16(21)5-3-7-18-14(16)23/h9-10H,3-8H2,1-2H3,(H,18,23)(H2,17,19,20). The number of likely N-dealkylation sites (tertiary alicyclic amines) is 1. The minimum atomic E-state index is -0.715. The van der Waals surface area contributed by atoms with Crippen molar-refractivity contribution in [2.24, 2.45) is 0 Å². The molecule has 3 rings (SSSR count). The minimum absolute atomic E-state index is 0.0410. The van der Waals surface area contributed by atoms with Crippen molar-refractivity contribution in [3.05, 3.63) is 17.5 Å². The number of hydrogen-bond acceptors (Lipinski definition) is 5. The second kappa shape index (κ2) is 5.79. The normalized spacial score (nSPS) is 24.3. The molecule has 1 aromatic rings. The summed E-state index contributed by atoms with van der Waals surface area (Å²) in [7, 11) is 0. The molecule has 2 amide bonds. The lowest BCUT2D eigenvalue weighted by Crippen LogP contribution is -2.60. The molecule has 0 aliphatic carbocycles. The maximum Gasteiger partial charge on any atom is 0.273 e. The van der Waals surface area contributed by atoms with E-state index in [0.717, 1.165) is 18.5 Å². The van der Waals surface area contributed by atoms with Crippen molar-refractivity contribution in [1.82, 2.24) is 20.2 Å². The van der Waals surface area contributed by atoms with E-state index >= 15 is 0 Å². The van der Waals surface area contributed by atoms with Crippen LogP contribution < -0.4 is 11.1 Å². The van der Waals surface area contributed by atoms with E-state index in [2.05, 4.69) is 15.3 Å². The van der Waals surface area contributed by atoms with Crippen LogP contribution in [0.4, 0.5) is 5.95 Å². The summed E-state index contributed by atoms with van der Waals surface area (Å²) in [4.78, 5) is 35.4. The molecule has 3 N–H and O–H groups in total. The Morgan fingerprint density at radius 2 is 2.09 bits per heavy atom. The number of anilines is 1. The molecule has 2 saturated heterocycles. The Hall–Kier alpha value is -2.18. The lowest BCUT2D eigenvalue weighted by atomic mass is 9.86. The van der Waals surface area contributed by atoms with Crippen molar-refractivity contribution in [2.75, 3.05) is 18.8 Å². The van der Waals surface area contributed by atoms with E-state index in [0.29, 0.717) is 25.9 Å². The maximum absolute atomic E-state index is 13.0. The summed E-state index contributed by atoms with van der Waals surface area (Å²) >= 11 is 0. The fourth-order valence-corrected chi connectivity index (χ4v) is 3.56. The van der Waals surface area contributed by atoms with Crippen LogP contribution in [0.1, 0.15) is 61.6 Å². The van der Waals surface area contributed by atoms with Gasteiger partial charge in [-0.3, -0.25) is 9.59 Å². The van der Waals surface area contributed by atoms with Gasteiger partial charge in [0.2, 0.25) is 11.9 Å². The lowest BCUT2D eigenvalue weighted by molar-refractivity contribution is -0.133. The van der Waals surface area contributed by atoms with Crippen LogP contribution in [0.2, 0.25) is 0 Å². The van der Waals surface area contributed by atoms with Crippen molar-refractivity contribution in [1.29, 1.82) is 0 Å². The summed E-state index contributed by atoms with van der Waals surface area (Å²) in [6.07, 6.45) is 3.14. The monoisotopic (exact) mass is 317 g/mol. The van der Waals surface area contributed by atoms with Crippen LogP contribution in [0.3, 0.4) is 0 Å². The Balaban J connectivity index is 1.95. The van der Waals surface area contributed by atoms with Gasteiger partial charge in [0.25, 0.3) is 5.91 Å². The van der Waals surface area contributed by atoms with Crippen LogP contribution in [0.15, 0.2) is 6.07 Å². The third kappa shape index (κ3) is 2.64.